The van der Waals surface area contributed by atoms with Gasteiger partial charge in [0.05, 0.1) is 13.7 Å². The number of ketones is 1. The molecule has 1 unspecified atom stereocenters. The smallest absolute Gasteiger partial charge is 0.319 e. The van der Waals surface area contributed by atoms with Gasteiger partial charge in [0.25, 0.3) is 0 Å². The first-order chi connectivity index (χ1) is 8.93. The van der Waals surface area contributed by atoms with Crippen LogP contribution in [0.4, 0.5) is 0 Å². The summed E-state index contributed by atoms with van der Waals surface area (Å²) >= 11 is 0. The van der Waals surface area contributed by atoms with E-state index in [1.54, 1.807) is 0 Å². The van der Waals surface area contributed by atoms with E-state index in [-0.39, 0.29) is 5.78 Å². The predicted octanol–water partition coefficient (Wildman–Crippen LogP) is 2.66. The van der Waals surface area contributed by atoms with Crippen molar-refractivity contribution in [3.63, 3.8) is 0 Å². The Morgan fingerprint density at radius 1 is 1.16 bits per heavy atom. The fourth-order valence-electron chi connectivity index (χ4n) is 2.42. The van der Waals surface area contributed by atoms with Crippen molar-refractivity contribution in [1.82, 2.24) is 4.90 Å². The topological polar surface area (TPSA) is 46.6 Å². The molecule has 0 radical (unpaired) electrons. The number of ether oxygens (including phenoxy) is 1. The SMILES string of the molecule is CCC(C)N(CC)CC(=O)C(CC)(CC)C(=O)OC. The molecule has 0 aromatic rings. The van der Waals surface area contributed by atoms with Crippen molar-refractivity contribution in [1.29, 1.82) is 0 Å². The second-order valence-corrected chi connectivity index (χ2v) is 5.02. The van der Waals surface area contributed by atoms with Gasteiger partial charge in [0.2, 0.25) is 0 Å². The first-order valence-corrected chi connectivity index (χ1v) is 7.29. The molecular weight excluding hydrogens is 242 g/mol. The molecule has 112 valence electrons. The van der Waals surface area contributed by atoms with Crippen molar-refractivity contribution in [2.24, 2.45) is 5.41 Å². The summed E-state index contributed by atoms with van der Waals surface area (Å²) in [5.41, 5.74) is -0.977. The lowest BCUT2D eigenvalue weighted by atomic mass is 9.78. The zero-order chi connectivity index (χ0) is 15.1. The monoisotopic (exact) mass is 271 g/mol. The van der Waals surface area contributed by atoms with E-state index in [0.717, 1.165) is 13.0 Å². The number of methoxy groups -OCH3 is 1. The minimum Gasteiger partial charge on any atom is -0.468 e. The number of hydrogen-bond acceptors (Lipinski definition) is 4. The van der Waals surface area contributed by atoms with Gasteiger partial charge in [-0.2, -0.15) is 0 Å². The summed E-state index contributed by atoms with van der Waals surface area (Å²) in [5.74, 6) is -0.422. The molecule has 0 aliphatic heterocycles. The second-order valence-electron chi connectivity index (χ2n) is 5.02. The van der Waals surface area contributed by atoms with E-state index in [2.05, 4.69) is 18.7 Å². The summed E-state index contributed by atoms with van der Waals surface area (Å²) in [4.78, 5) is 26.7. The van der Waals surface area contributed by atoms with Crippen LogP contribution in [0.3, 0.4) is 0 Å². The third kappa shape index (κ3) is 4.03. The van der Waals surface area contributed by atoms with Crippen molar-refractivity contribution in [3.05, 3.63) is 0 Å². The highest BCUT2D eigenvalue weighted by Gasteiger charge is 2.43. The van der Waals surface area contributed by atoms with E-state index in [1.807, 2.05) is 20.8 Å². The van der Waals surface area contributed by atoms with Crippen LogP contribution in [0.25, 0.3) is 0 Å². The fourth-order valence-corrected chi connectivity index (χ4v) is 2.42. The first-order valence-electron chi connectivity index (χ1n) is 7.29. The molecule has 0 rings (SSSR count). The molecule has 0 amide bonds. The maximum Gasteiger partial charge on any atom is 0.319 e. The summed E-state index contributed by atoms with van der Waals surface area (Å²) in [6, 6.07) is 0.345. The Bertz CT molecular complexity index is 298. The Morgan fingerprint density at radius 2 is 1.68 bits per heavy atom. The Balaban J connectivity index is 5.06. The number of carbonyl (C=O) groups excluding carboxylic acids is 2. The van der Waals surface area contributed by atoms with E-state index in [4.69, 9.17) is 4.74 Å². The molecule has 0 bridgehead atoms. The van der Waals surface area contributed by atoms with Crippen molar-refractivity contribution in [2.75, 3.05) is 20.2 Å². The van der Waals surface area contributed by atoms with Gasteiger partial charge in [-0.1, -0.05) is 27.7 Å². The van der Waals surface area contributed by atoms with E-state index in [9.17, 15) is 9.59 Å². The minimum atomic E-state index is -0.977. The van der Waals surface area contributed by atoms with Crippen LogP contribution in [0.2, 0.25) is 0 Å². The molecule has 0 aliphatic rings. The minimum absolute atomic E-state index is 0.0218. The normalized spacial score (nSPS) is 13.4. The fraction of sp³-hybridized carbons (Fsp3) is 0.867. The van der Waals surface area contributed by atoms with Crippen LogP contribution in [-0.4, -0.2) is 42.9 Å². The number of rotatable bonds is 9. The Labute approximate surface area is 117 Å². The highest BCUT2D eigenvalue weighted by atomic mass is 16.5. The molecule has 0 aromatic carbocycles. The van der Waals surface area contributed by atoms with Crippen LogP contribution >= 0.6 is 0 Å². The number of carbonyl (C=O) groups is 2. The highest BCUT2D eigenvalue weighted by Crippen LogP contribution is 2.30. The zero-order valence-electron chi connectivity index (χ0n) is 13.3. The molecule has 0 saturated carbocycles. The number of nitrogens with zero attached hydrogens (tertiary/aromatic N) is 1. The van der Waals surface area contributed by atoms with Gasteiger partial charge in [0.15, 0.2) is 5.78 Å². The Hall–Kier alpha value is -0.900. The quantitative estimate of drug-likeness (QED) is 0.478. The van der Waals surface area contributed by atoms with Crippen molar-refractivity contribution >= 4 is 11.8 Å². The molecular formula is C15H29NO3. The van der Waals surface area contributed by atoms with Crippen LogP contribution in [0, 0.1) is 5.41 Å². The summed E-state index contributed by atoms with van der Waals surface area (Å²) in [5, 5.41) is 0. The van der Waals surface area contributed by atoms with Crippen molar-refractivity contribution in [2.45, 2.75) is 59.9 Å². The summed E-state index contributed by atoms with van der Waals surface area (Å²) in [6.07, 6.45) is 1.98. The van der Waals surface area contributed by atoms with Gasteiger partial charge < -0.3 is 4.74 Å². The molecule has 4 nitrogen and oxygen atoms in total. The average molecular weight is 271 g/mol. The van der Waals surface area contributed by atoms with Gasteiger partial charge in [-0.15, -0.1) is 0 Å². The second kappa shape index (κ2) is 8.31. The van der Waals surface area contributed by atoms with Crippen LogP contribution in [0.15, 0.2) is 0 Å². The summed E-state index contributed by atoms with van der Waals surface area (Å²) in [6.45, 7) is 11.1. The lowest BCUT2D eigenvalue weighted by Gasteiger charge is -2.32. The summed E-state index contributed by atoms with van der Waals surface area (Å²) < 4.78 is 4.84. The molecule has 4 heteroatoms. The Kier molecular flexibility index (Phi) is 7.91. The molecule has 0 saturated heterocycles. The molecule has 0 heterocycles. The van der Waals surface area contributed by atoms with E-state index >= 15 is 0 Å². The van der Waals surface area contributed by atoms with Gasteiger partial charge >= 0.3 is 5.97 Å². The van der Waals surface area contributed by atoms with Crippen molar-refractivity contribution in [3.8, 4) is 0 Å². The first kappa shape index (κ1) is 18.1. The third-order valence-electron chi connectivity index (χ3n) is 4.28. The van der Waals surface area contributed by atoms with Gasteiger partial charge in [0.1, 0.15) is 5.41 Å². The molecule has 0 fully saturated rings. The lowest BCUT2D eigenvalue weighted by Crippen LogP contribution is -2.47. The van der Waals surface area contributed by atoms with Gasteiger partial charge in [-0.25, -0.2) is 0 Å². The molecule has 0 spiro atoms. The highest BCUT2D eigenvalue weighted by molar-refractivity contribution is 6.04. The lowest BCUT2D eigenvalue weighted by molar-refractivity contribution is -0.159. The van der Waals surface area contributed by atoms with Gasteiger partial charge in [-0.3, -0.25) is 14.5 Å². The van der Waals surface area contributed by atoms with E-state index in [1.165, 1.54) is 7.11 Å². The molecule has 1 atom stereocenters. The Morgan fingerprint density at radius 3 is 2.00 bits per heavy atom. The number of likely N-dealkylation sites (N-methyl/N-ethyl adjacent to an activating group) is 1. The van der Waals surface area contributed by atoms with E-state index in [0.29, 0.717) is 25.4 Å². The molecule has 0 aliphatic carbocycles. The van der Waals surface area contributed by atoms with Crippen LogP contribution in [0.1, 0.15) is 53.9 Å². The molecule has 0 aromatic heterocycles. The van der Waals surface area contributed by atoms with Crippen LogP contribution in [-0.2, 0) is 14.3 Å². The predicted molar refractivity (Wildman–Crippen MR) is 77.0 cm³/mol. The molecule has 0 N–H and O–H groups in total. The maximum atomic E-state index is 12.6. The standard InChI is InChI=1S/C15H29NO3/c1-7-12(5)16(10-4)11-13(17)15(8-2,9-3)14(18)19-6/h12H,7-11H2,1-6H3. The average Bonchev–Trinajstić information content (AvgIpc) is 2.45. The van der Waals surface area contributed by atoms with Crippen LogP contribution in [0.5, 0.6) is 0 Å². The van der Waals surface area contributed by atoms with Crippen molar-refractivity contribution < 1.29 is 14.3 Å². The number of hydrogen-bond donors (Lipinski definition) is 0. The zero-order valence-corrected chi connectivity index (χ0v) is 13.3. The largest absolute Gasteiger partial charge is 0.468 e. The number of esters is 1. The molecule has 19 heavy (non-hydrogen) atoms. The van der Waals surface area contributed by atoms with Gasteiger partial charge in [-0.05, 0) is 32.7 Å². The van der Waals surface area contributed by atoms with Gasteiger partial charge in [0, 0.05) is 6.04 Å². The maximum absolute atomic E-state index is 12.6. The number of Topliss-reactive ketones (excluding diaryl/α,β-unsaturated/α-hetero) is 1. The van der Waals surface area contributed by atoms with Crippen LogP contribution < -0.4 is 0 Å². The third-order valence-corrected chi connectivity index (χ3v) is 4.28. The summed E-state index contributed by atoms with van der Waals surface area (Å²) in [7, 11) is 1.35. The van der Waals surface area contributed by atoms with E-state index < -0.39 is 11.4 Å².